The lowest BCUT2D eigenvalue weighted by Crippen LogP contribution is -2.17. The van der Waals surface area contributed by atoms with Crippen LogP contribution in [-0.4, -0.2) is 17.2 Å². The monoisotopic (exact) mass is 458 g/mol. The Hall–Kier alpha value is -3.83. The summed E-state index contributed by atoms with van der Waals surface area (Å²) in [5.41, 5.74) is 7.18. The molecule has 0 radical (unpaired) electrons. The number of aromatic hydroxyl groups is 1. The van der Waals surface area contributed by atoms with Crippen LogP contribution in [0.15, 0.2) is 77.9 Å². The number of ether oxygens (including phenoxy) is 1. The molecule has 4 aromatic rings. The van der Waals surface area contributed by atoms with Gasteiger partial charge in [-0.15, -0.1) is 0 Å². The van der Waals surface area contributed by atoms with Crippen molar-refractivity contribution in [2.24, 2.45) is 5.10 Å². The van der Waals surface area contributed by atoms with Crippen molar-refractivity contribution in [2.75, 3.05) is 0 Å². The summed E-state index contributed by atoms with van der Waals surface area (Å²) >= 11 is 5.87. The molecule has 0 aromatic heterocycles. The third-order valence-electron chi connectivity index (χ3n) is 5.17. The van der Waals surface area contributed by atoms with Crippen LogP contribution in [0.1, 0.15) is 32.6 Å². The Morgan fingerprint density at radius 3 is 2.45 bits per heavy atom. The van der Waals surface area contributed by atoms with E-state index in [9.17, 15) is 9.90 Å². The van der Waals surface area contributed by atoms with Crippen molar-refractivity contribution in [3.05, 3.63) is 106 Å². The van der Waals surface area contributed by atoms with Gasteiger partial charge in [-0.05, 0) is 55.1 Å². The smallest absolute Gasteiger partial charge is 0.271 e. The predicted molar refractivity (Wildman–Crippen MR) is 132 cm³/mol. The van der Waals surface area contributed by atoms with E-state index in [1.165, 1.54) is 29.3 Å². The molecule has 33 heavy (non-hydrogen) atoms. The van der Waals surface area contributed by atoms with Gasteiger partial charge in [-0.25, -0.2) is 5.43 Å². The molecular formula is C27H23ClN2O3. The Kier molecular flexibility index (Phi) is 6.61. The normalized spacial score (nSPS) is 11.1. The van der Waals surface area contributed by atoms with Gasteiger partial charge in [0.2, 0.25) is 0 Å². The third kappa shape index (κ3) is 5.33. The zero-order chi connectivity index (χ0) is 23.4. The lowest BCUT2D eigenvalue weighted by atomic mass is 10.0. The number of hydrogen-bond donors (Lipinski definition) is 2. The van der Waals surface area contributed by atoms with Gasteiger partial charge in [0.25, 0.3) is 5.91 Å². The first-order chi connectivity index (χ1) is 15.9. The van der Waals surface area contributed by atoms with E-state index in [1.54, 1.807) is 6.21 Å². The second kappa shape index (κ2) is 9.76. The largest absolute Gasteiger partial charge is 0.506 e. The number of hydrazone groups is 1. The molecule has 0 aliphatic heterocycles. The number of benzene rings is 4. The summed E-state index contributed by atoms with van der Waals surface area (Å²) in [6.07, 6.45) is 1.59. The molecule has 166 valence electrons. The maximum absolute atomic E-state index is 12.3. The number of amides is 1. The fourth-order valence-corrected chi connectivity index (χ4v) is 3.90. The molecule has 0 saturated heterocycles. The number of carbonyl (C=O) groups excluding carboxylic acids is 1. The van der Waals surface area contributed by atoms with E-state index in [0.29, 0.717) is 12.2 Å². The second-order valence-electron chi connectivity index (χ2n) is 7.85. The fraction of sp³-hybridized carbons (Fsp3) is 0.111. The topological polar surface area (TPSA) is 70.9 Å². The SMILES string of the molecule is Cc1cc(C)cc(COc2ccc(/C=N/NC(=O)c3ccc(O)c(Cl)c3)c3ccccc23)c1. The van der Waals surface area contributed by atoms with Crippen molar-refractivity contribution < 1.29 is 14.6 Å². The van der Waals surface area contributed by atoms with Crippen LogP contribution in [0, 0.1) is 13.8 Å². The maximum Gasteiger partial charge on any atom is 0.271 e. The van der Waals surface area contributed by atoms with Gasteiger partial charge in [-0.2, -0.15) is 5.10 Å². The Bertz CT molecular complexity index is 1340. The molecule has 4 rings (SSSR count). The number of nitrogens with zero attached hydrogens (tertiary/aromatic N) is 1. The zero-order valence-electron chi connectivity index (χ0n) is 18.3. The molecule has 0 aliphatic rings. The number of aryl methyl sites for hydroxylation is 2. The molecular weight excluding hydrogens is 436 g/mol. The Balaban J connectivity index is 1.52. The molecule has 2 N–H and O–H groups in total. The molecule has 0 aliphatic carbocycles. The summed E-state index contributed by atoms with van der Waals surface area (Å²) in [6.45, 7) is 4.63. The quantitative estimate of drug-likeness (QED) is 0.268. The molecule has 0 fully saturated rings. The molecule has 4 aromatic carbocycles. The van der Waals surface area contributed by atoms with Gasteiger partial charge in [0.05, 0.1) is 11.2 Å². The summed E-state index contributed by atoms with van der Waals surface area (Å²) in [5.74, 6) is 0.276. The van der Waals surface area contributed by atoms with Crippen LogP contribution in [0.25, 0.3) is 10.8 Å². The van der Waals surface area contributed by atoms with E-state index in [2.05, 4.69) is 42.6 Å². The number of phenols is 1. The van der Waals surface area contributed by atoms with Crippen LogP contribution < -0.4 is 10.2 Å². The fourth-order valence-electron chi connectivity index (χ4n) is 3.72. The number of carbonyl (C=O) groups is 1. The molecule has 0 spiro atoms. The first kappa shape index (κ1) is 22.4. The first-order valence-electron chi connectivity index (χ1n) is 10.4. The average molecular weight is 459 g/mol. The summed E-state index contributed by atoms with van der Waals surface area (Å²) in [7, 11) is 0. The molecule has 0 atom stereocenters. The van der Waals surface area contributed by atoms with Crippen LogP contribution >= 0.6 is 11.6 Å². The number of hydrogen-bond acceptors (Lipinski definition) is 4. The summed E-state index contributed by atoms with van der Waals surface area (Å²) in [4.78, 5) is 12.3. The maximum atomic E-state index is 12.3. The minimum atomic E-state index is -0.425. The highest BCUT2D eigenvalue weighted by Crippen LogP contribution is 2.29. The van der Waals surface area contributed by atoms with Gasteiger partial charge in [-0.1, -0.05) is 65.2 Å². The van der Waals surface area contributed by atoms with Crippen LogP contribution in [0.5, 0.6) is 11.5 Å². The van der Waals surface area contributed by atoms with E-state index in [4.69, 9.17) is 16.3 Å². The summed E-state index contributed by atoms with van der Waals surface area (Å²) in [6, 6.07) is 22.3. The van der Waals surface area contributed by atoms with Crippen molar-refractivity contribution in [3.63, 3.8) is 0 Å². The van der Waals surface area contributed by atoms with Gasteiger partial charge >= 0.3 is 0 Å². The third-order valence-corrected chi connectivity index (χ3v) is 5.48. The lowest BCUT2D eigenvalue weighted by molar-refractivity contribution is 0.0955. The highest BCUT2D eigenvalue weighted by Gasteiger charge is 2.09. The molecule has 0 bridgehead atoms. The Morgan fingerprint density at radius 1 is 1.00 bits per heavy atom. The second-order valence-corrected chi connectivity index (χ2v) is 8.26. The molecule has 6 heteroatoms. The molecule has 1 amide bonds. The standard InChI is InChI=1S/C27H23ClN2O3/c1-17-11-18(2)13-19(12-17)16-33-26-10-8-21(22-5-3-4-6-23(22)26)15-29-30-27(32)20-7-9-25(31)24(28)14-20/h3-15,31H,16H2,1-2H3,(H,30,32)/b29-15+. The van der Waals surface area contributed by atoms with Gasteiger partial charge < -0.3 is 9.84 Å². The minimum absolute atomic E-state index is 0.0805. The molecule has 0 saturated carbocycles. The summed E-state index contributed by atoms with van der Waals surface area (Å²) in [5, 5.41) is 15.6. The molecule has 5 nitrogen and oxygen atoms in total. The van der Waals surface area contributed by atoms with E-state index >= 15 is 0 Å². The van der Waals surface area contributed by atoms with E-state index < -0.39 is 5.91 Å². The van der Waals surface area contributed by atoms with Crippen molar-refractivity contribution in [2.45, 2.75) is 20.5 Å². The summed E-state index contributed by atoms with van der Waals surface area (Å²) < 4.78 is 6.14. The zero-order valence-corrected chi connectivity index (χ0v) is 19.1. The van der Waals surface area contributed by atoms with Crippen molar-refractivity contribution in [1.82, 2.24) is 5.43 Å². The molecule has 0 heterocycles. The van der Waals surface area contributed by atoms with Crippen molar-refractivity contribution >= 4 is 34.5 Å². The Morgan fingerprint density at radius 2 is 1.73 bits per heavy atom. The van der Waals surface area contributed by atoms with Gasteiger partial charge in [0.1, 0.15) is 18.1 Å². The van der Waals surface area contributed by atoms with Crippen LogP contribution in [0.4, 0.5) is 0 Å². The van der Waals surface area contributed by atoms with Crippen molar-refractivity contribution in [3.8, 4) is 11.5 Å². The van der Waals surface area contributed by atoms with E-state index in [-0.39, 0.29) is 10.8 Å². The number of phenolic OH excluding ortho intramolecular Hbond substituents is 1. The van der Waals surface area contributed by atoms with Crippen LogP contribution in [0.2, 0.25) is 5.02 Å². The highest BCUT2D eigenvalue weighted by molar-refractivity contribution is 6.32. The Labute approximate surface area is 197 Å². The highest BCUT2D eigenvalue weighted by atomic mass is 35.5. The minimum Gasteiger partial charge on any atom is -0.506 e. The van der Waals surface area contributed by atoms with Crippen LogP contribution in [-0.2, 0) is 6.61 Å². The van der Waals surface area contributed by atoms with Gasteiger partial charge in [-0.3, -0.25) is 4.79 Å². The first-order valence-corrected chi connectivity index (χ1v) is 10.8. The van der Waals surface area contributed by atoms with Crippen molar-refractivity contribution in [1.29, 1.82) is 0 Å². The average Bonchev–Trinajstić information content (AvgIpc) is 2.79. The van der Waals surface area contributed by atoms with E-state index in [0.717, 1.165) is 27.6 Å². The number of nitrogens with one attached hydrogen (secondary N) is 1. The van der Waals surface area contributed by atoms with E-state index in [1.807, 2.05) is 36.4 Å². The van der Waals surface area contributed by atoms with Gasteiger partial charge in [0.15, 0.2) is 0 Å². The number of halogens is 1. The number of fused-ring (bicyclic) bond motifs is 1. The lowest BCUT2D eigenvalue weighted by Gasteiger charge is -2.12. The number of rotatable bonds is 6. The van der Waals surface area contributed by atoms with Gasteiger partial charge in [0, 0.05) is 16.5 Å². The van der Waals surface area contributed by atoms with Crippen LogP contribution in [0.3, 0.4) is 0 Å². The predicted octanol–water partition coefficient (Wildman–Crippen LogP) is 6.16. The molecule has 0 unspecified atom stereocenters.